The lowest BCUT2D eigenvalue weighted by molar-refractivity contribution is -0.132. The van der Waals surface area contributed by atoms with E-state index >= 15 is 0 Å². The molecule has 6 rings (SSSR count). The van der Waals surface area contributed by atoms with Crippen molar-refractivity contribution in [3.8, 4) is 6.07 Å². The van der Waals surface area contributed by atoms with Crippen LogP contribution in [-0.2, 0) is 24.7 Å². The van der Waals surface area contributed by atoms with E-state index in [-0.39, 0.29) is 39.2 Å². The van der Waals surface area contributed by atoms with Crippen LogP contribution in [0.3, 0.4) is 0 Å². The largest absolute Gasteiger partial charge is 0.326 e. The third-order valence-electron chi connectivity index (χ3n) is 8.72. The van der Waals surface area contributed by atoms with E-state index in [2.05, 4.69) is 16.1 Å². The van der Waals surface area contributed by atoms with Gasteiger partial charge < -0.3 is 10.2 Å². The number of likely N-dealkylation sites (tertiary alicyclic amines) is 1. The van der Waals surface area contributed by atoms with E-state index in [4.69, 9.17) is 0 Å². The van der Waals surface area contributed by atoms with Crippen LogP contribution in [0.25, 0.3) is 0 Å². The van der Waals surface area contributed by atoms with E-state index in [0.717, 1.165) is 57.6 Å². The zero-order valence-corrected chi connectivity index (χ0v) is 22.2. The van der Waals surface area contributed by atoms with Gasteiger partial charge in [0.25, 0.3) is 0 Å². The predicted octanol–water partition coefficient (Wildman–Crippen LogP) is 1.81. The Kier molecular flexibility index (Phi) is 6.47. The quantitative estimate of drug-likeness (QED) is 0.519. The molecule has 0 aromatic heterocycles. The fourth-order valence-electron chi connectivity index (χ4n) is 7.63. The molecule has 4 saturated carbocycles. The maximum Gasteiger partial charge on any atom is 0.240 e. The molecule has 2 N–H and O–H groups in total. The number of nitrogens with one attached hydrogen (secondary N) is 2. The van der Waals surface area contributed by atoms with Crippen molar-refractivity contribution in [2.45, 2.75) is 72.7 Å². The van der Waals surface area contributed by atoms with Crippen molar-refractivity contribution in [1.82, 2.24) is 14.9 Å². The molecule has 3 unspecified atom stereocenters. The molecule has 5 aliphatic rings. The second kappa shape index (κ2) is 9.08. The van der Waals surface area contributed by atoms with Crippen molar-refractivity contribution < 1.29 is 21.6 Å². The Bertz CT molecular complexity index is 1270. The van der Waals surface area contributed by atoms with Gasteiger partial charge in [-0.05, 0) is 92.9 Å². The molecule has 1 aromatic rings. The lowest BCUT2D eigenvalue weighted by atomic mass is 9.47. The summed E-state index contributed by atoms with van der Waals surface area (Å²) in [5.41, 5.74) is -0.340. The number of sulfone groups is 1. The van der Waals surface area contributed by atoms with Crippen molar-refractivity contribution in [3.63, 3.8) is 0 Å². The van der Waals surface area contributed by atoms with Gasteiger partial charge >= 0.3 is 0 Å². The van der Waals surface area contributed by atoms with Crippen molar-refractivity contribution in [3.05, 3.63) is 24.3 Å². The molecule has 4 bridgehead atoms. The Hall–Kier alpha value is -2.00. The van der Waals surface area contributed by atoms with Gasteiger partial charge in [0.15, 0.2) is 9.84 Å². The summed E-state index contributed by atoms with van der Waals surface area (Å²) in [6.45, 7) is 1.18. The van der Waals surface area contributed by atoms with Gasteiger partial charge in [0.1, 0.15) is 6.04 Å². The molecule has 5 fully saturated rings. The maximum absolute atomic E-state index is 13.0. The van der Waals surface area contributed by atoms with E-state index in [1.807, 2.05) is 0 Å². The molecule has 1 heterocycles. The highest BCUT2D eigenvalue weighted by Gasteiger charge is 2.57. The van der Waals surface area contributed by atoms with Gasteiger partial charge in [-0.1, -0.05) is 0 Å². The summed E-state index contributed by atoms with van der Waals surface area (Å²) in [5, 5.41) is 12.9. The molecular formula is C25H34N4O5S2. The van der Waals surface area contributed by atoms with Gasteiger partial charge in [-0.15, -0.1) is 0 Å². The molecule has 1 amide bonds. The van der Waals surface area contributed by atoms with Gasteiger partial charge in [0.2, 0.25) is 15.9 Å². The molecule has 196 valence electrons. The van der Waals surface area contributed by atoms with Gasteiger partial charge in [-0.25, -0.2) is 21.6 Å². The van der Waals surface area contributed by atoms with Gasteiger partial charge in [0, 0.05) is 24.9 Å². The lowest BCUT2D eigenvalue weighted by Crippen LogP contribution is -2.64. The highest BCUT2D eigenvalue weighted by atomic mass is 32.2. The predicted molar refractivity (Wildman–Crippen MR) is 133 cm³/mol. The summed E-state index contributed by atoms with van der Waals surface area (Å²) < 4.78 is 52.3. The second-order valence-electron chi connectivity index (χ2n) is 11.5. The minimum atomic E-state index is -3.79. The van der Waals surface area contributed by atoms with Gasteiger partial charge in [-0.3, -0.25) is 4.79 Å². The fourth-order valence-corrected chi connectivity index (χ4v) is 9.42. The van der Waals surface area contributed by atoms with Crippen LogP contribution in [-0.4, -0.2) is 65.1 Å². The van der Waals surface area contributed by atoms with Crippen molar-refractivity contribution >= 4 is 25.8 Å². The number of sulfonamides is 1. The first-order chi connectivity index (χ1) is 16.9. The summed E-state index contributed by atoms with van der Waals surface area (Å²) in [7, 11) is -7.19. The molecule has 0 spiro atoms. The standard InChI is InChI=1S/C25H34N4O5S2/c1-35(31,32)21-4-6-22(7-5-21)36(33,34)28-17-24-10-18-9-19(11-24)13-25(12-18,16-24)27-15-23(30)29-8-2-3-20(29)14-26/h4-7,18-20,27-28H,2-3,8-13,15-17H2,1H3. The van der Waals surface area contributed by atoms with Crippen LogP contribution in [0.4, 0.5) is 0 Å². The number of rotatable bonds is 8. The molecule has 36 heavy (non-hydrogen) atoms. The van der Waals surface area contributed by atoms with Crippen LogP contribution < -0.4 is 10.0 Å². The molecule has 1 aromatic carbocycles. The number of nitrogens with zero attached hydrogens (tertiary/aromatic N) is 2. The third-order valence-corrected chi connectivity index (χ3v) is 11.3. The Labute approximate surface area is 213 Å². The third kappa shape index (κ3) is 4.93. The maximum atomic E-state index is 13.0. The average molecular weight is 535 g/mol. The smallest absolute Gasteiger partial charge is 0.240 e. The van der Waals surface area contributed by atoms with Crippen LogP contribution in [0.2, 0.25) is 0 Å². The van der Waals surface area contributed by atoms with E-state index in [9.17, 15) is 26.9 Å². The average Bonchev–Trinajstić information content (AvgIpc) is 3.29. The molecule has 1 aliphatic heterocycles. The van der Waals surface area contributed by atoms with Crippen LogP contribution in [0, 0.1) is 28.6 Å². The summed E-state index contributed by atoms with van der Waals surface area (Å²) >= 11 is 0. The Morgan fingerprint density at radius 3 is 2.33 bits per heavy atom. The zero-order chi connectivity index (χ0) is 25.8. The van der Waals surface area contributed by atoms with Crippen molar-refractivity contribution in [2.24, 2.45) is 17.3 Å². The molecule has 1 saturated heterocycles. The van der Waals surface area contributed by atoms with E-state index < -0.39 is 19.9 Å². The number of nitriles is 1. The summed E-state index contributed by atoms with van der Waals surface area (Å²) in [5.74, 6) is 0.985. The number of carbonyl (C=O) groups excluding carboxylic acids is 1. The highest BCUT2D eigenvalue weighted by Crippen LogP contribution is 2.61. The molecule has 9 nitrogen and oxygen atoms in total. The summed E-state index contributed by atoms with van der Waals surface area (Å²) in [6, 6.07) is 7.21. The monoisotopic (exact) mass is 534 g/mol. The Balaban J connectivity index is 1.26. The first-order valence-electron chi connectivity index (χ1n) is 12.7. The van der Waals surface area contributed by atoms with Crippen molar-refractivity contribution in [2.75, 3.05) is 25.9 Å². The molecule has 4 aliphatic carbocycles. The van der Waals surface area contributed by atoms with Crippen LogP contribution in [0.5, 0.6) is 0 Å². The number of hydrogen-bond acceptors (Lipinski definition) is 7. The number of amides is 1. The van der Waals surface area contributed by atoms with Crippen molar-refractivity contribution in [1.29, 1.82) is 5.26 Å². The normalized spacial score (nSPS) is 33.6. The number of benzene rings is 1. The second-order valence-corrected chi connectivity index (χ2v) is 15.3. The van der Waals surface area contributed by atoms with Gasteiger partial charge in [0.05, 0.1) is 22.4 Å². The first-order valence-corrected chi connectivity index (χ1v) is 16.0. The molecule has 3 atom stereocenters. The summed E-state index contributed by atoms with van der Waals surface area (Å²) in [4.78, 5) is 14.7. The number of hydrogen-bond donors (Lipinski definition) is 2. The fraction of sp³-hybridized carbons (Fsp3) is 0.680. The Morgan fingerprint density at radius 1 is 1.08 bits per heavy atom. The van der Waals surface area contributed by atoms with Crippen LogP contribution in [0.1, 0.15) is 51.4 Å². The molecular weight excluding hydrogens is 500 g/mol. The molecule has 11 heteroatoms. The zero-order valence-electron chi connectivity index (χ0n) is 20.6. The van der Waals surface area contributed by atoms with E-state index in [1.165, 1.54) is 24.3 Å². The van der Waals surface area contributed by atoms with E-state index in [1.54, 1.807) is 4.90 Å². The number of carbonyl (C=O) groups is 1. The minimum absolute atomic E-state index is 0.0258. The topological polar surface area (TPSA) is 136 Å². The highest BCUT2D eigenvalue weighted by molar-refractivity contribution is 7.90. The SMILES string of the molecule is CS(=O)(=O)c1ccc(S(=O)(=O)NCC23CC4CC(C2)CC(NCC(=O)N2CCCC2C#N)(C4)C3)cc1. The van der Waals surface area contributed by atoms with E-state index in [0.29, 0.717) is 24.9 Å². The van der Waals surface area contributed by atoms with Crippen LogP contribution in [0.15, 0.2) is 34.1 Å². The Morgan fingerprint density at radius 2 is 1.72 bits per heavy atom. The lowest BCUT2D eigenvalue weighted by Gasteiger charge is -2.62. The molecule has 0 radical (unpaired) electrons. The van der Waals surface area contributed by atoms with Gasteiger partial charge in [-0.2, -0.15) is 5.26 Å². The summed E-state index contributed by atoms with van der Waals surface area (Å²) in [6.07, 6.45) is 8.60. The first kappa shape index (κ1) is 25.6. The van der Waals surface area contributed by atoms with Crippen LogP contribution >= 0.6 is 0 Å². The minimum Gasteiger partial charge on any atom is -0.326 e.